The Hall–Kier alpha value is -1.67. The number of sulfonamides is 1. The number of benzene rings is 1. The van der Waals surface area contributed by atoms with Crippen LogP contribution in [-0.4, -0.2) is 13.4 Å². The average molecular weight is 397 g/mol. The van der Waals surface area contributed by atoms with Crippen LogP contribution in [0.1, 0.15) is 30.9 Å². The number of aromatic nitrogens is 1. The van der Waals surface area contributed by atoms with Crippen molar-refractivity contribution in [3.8, 4) is 0 Å². The second-order valence-electron chi connectivity index (χ2n) is 6.01. The van der Waals surface area contributed by atoms with Gasteiger partial charge in [0.25, 0.3) is 5.56 Å². The molecule has 0 amide bonds. The summed E-state index contributed by atoms with van der Waals surface area (Å²) in [7, 11) is -3.70. The van der Waals surface area contributed by atoms with E-state index in [0.29, 0.717) is 15.8 Å². The Morgan fingerprint density at radius 3 is 2.60 bits per heavy atom. The summed E-state index contributed by atoms with van der Waals surface area (Å²) in [6.45, 7) is 4.09. The highest BCUT2D eigenvalue weighted by Crippen LogP contribution is 2.25. The smallest absolute Gasteiger partial charge is 0.252 e. The van der Waals surface area contributed by atoms with Gasteiger partial charge in [-0.15, -0.1) is 11.3 Å². The first-order valence-corrected chi connectivity index (χ1v) is 10.3. The molecule has 5 nitrogen and oxygen atoms in total. The third-order valence-corrected chi connectivity index (χ3v) is 7.00. The highest BCUT2D eigenvalue weighted by molar-refractivity contribution is 7.91. The summed E-state index contributed by atoms with van der Waals surface area (Å²) >= 11 is 6.76. The van der Waals surface area contributed by atoms with Crippen LogP contribution >= 0.6 is 22.9 Å². The normalized spacial score (nSPS) is 12.2. The number of nitrogens with one attached hydrogen (secondary N) is 2. The molecule has 3 rings (SSSR count). The van der Waals surface area contributed by atoms with Crippen molar-refractivity contribution >= 4 is 43.9 Å². The van der Waals surface area contributed by atoms with E-state index in [1.165, 1.54) is 12.1 Å². The fraction of sp³-hybridized carbons (Fsp3) is 0.235. The van der Waals surface area contributed by atoms with Gasteiger partial charge in [-0.05, 0) is 47.2 Å². The van der Waals surface area contributed by atoms with Gasteiger partial charge in [0.05, 0.1) is 4.34 Å². The summed E-state index contributed by atoms with van der Waals surface area (Å²) in [5, 5.41) is 0.874. The van der Waals surface area contributed by atoms with Gasteiger partial charge >= 0.3 is 0 Å². The summed E-state index contributed by atoms with van der Waals surface area (Å²) in [6.07, 6.45) is 0. The molecule has 3 aromatic rings. The highest BCUT2D eigenvalue weighted by Gasteiger charge is 2.17. The summed E-state index contributed by atoms with van der Waals surface area (Å²) in [5.41, 5.74) is 1.93. The number of pyridine rings is 1. The van der Waals surface area contributed by atoms with E-state index in [1.54, 1.807) is 6.07 Å². The SMILES string of the molecule is CC(C)c1ccc2[nH]c(=O)c(CNS(=O)(=O)c3ccc(Cl)s3)cc2c1. The zero-order valence-electron chi connectivity index (χ0n) is 13.7. The lowest BCUT2D eigenvalue weighted by molar-refractivity contribution is 0.583. The Balaban J connectivity index is 1.90. The Bertz CT molecular complexity index is 1080. The summed E-state index contributed by atoms with van der Waals surface area (Å²) < 4.78 is 27.5. The molecule has 8 heteroatoms. The van der Waals surface area contributed by atoms with Crippen molar-refractivity contribution in [3.05, 3.63) is 62.2 Å². The number of aromatic amines is 1. The molecule has 25 heavy (non-hydrogen) atoms. The van der Waals surface area contributed by atoms with E-state index in [4.69, 9.17) is 11.6 Å². The van der Waals surface area contributed by atoms with Crippen LogP contribution in [0.2, 0.25) is 4.34 Å². The molecule has 0 bridgehead atoms. The molecule has 0 radical (unpaired) electrons. The van der Waals surface area contributed by atoms with Crippen molar-refractivity contribution in [1.29, 1.82) is 0 Å². The van der Waals surface area contributed by atoms with Crippen molar-refractivity contribution < 1.29 is 8.42 Å². The molecule has 0 fully saturated rings. The summed E-state index contributed by atoms with van der Waals surface area (Å²) in [6, 6.07) is 10.5. The fourth-order valence-corrected chi connectivity index (χ4v) is 4.98. The summed E-state index contributed by atoms with van der Waals surface area (Å²) in [5.74, 6) is 0.363. The first-order valence-electron chi connectivity index (χ1n) is 7.67. The molecular formula is C17H17ClN2O3S2. The van der Waals surface area contributed by atoms with E-state index < -0.39 is 10.0 Å². The average Bonchev–Trinajstić information content (AvgIpc) is 3.00. The van der Waals surface area contributed by atoms with Gasteiger partial charge in [0.2, 0.25) is 10.0 Å². The summed E-state index contributed by atoms with van der Waals surface area (Å²) in [4.78, 5) is 15.0. The molecular weight excluding hydrogens is 380 g/mol. The molecule has 0 spiro atoms. The van der Waals surface area contributed by atoms with E-state index in [-0.39, 0.29) is 16.3 Å². The monoisotopic (exact) mass is 396 g/mol. The first-order chi connectivity index (χ1) is 11.8. The van der Waals surface area contributed by atoms with Crippen molar-refractivity contribution in [2.24, 2.45) is 0 Å². The van der Waals surface area contributed by atoms with Crippen molar-refractivity contribution in [3.63, 3.8) is 0 Å². The minimum atomic E-state index is -3.70. The molecule has 0 aliphatic carbocycles. The van der Waals surface area contributed by atoms with Crippen LogP contribution in [0.3, 0.4) is 0 Å². The largest absolute Gasteiger partial charge is 0.322 e. The standard InChI is InChI=1S/C17H17ClN2O3S2/c1-10(2)11-3-4-14-12(7-11)8-13(17(21)20-14)9-19-25(22,23)16-6-5-15(18)24-16/h3-8,10,19H,9H2,1-2H3,(H,20,21). The number of hydrogen-bond acceptors (Lipinski definition) is 4. The maximum absolute atomic E-state index is 12.3. The minimum Gasteiger partial charge on any atom is -0.322 e. The first kappa shape index (κ1) is 18.1. The second-order valence-corrected chi connectivity index (χ2v) is 9.72. The lowest BCUT2D eigenvalue weighted by atomic mass is 10.0. The van der Waals surface area contributed by atoms with Gasteiger partial charge in [-0.25, -0.2) is 13.1 Å². The molecule has 0 aliphatic heterocycles. The maximum Gasteiger partial charge on any atom is 0.252 e. The molecule has 2 N–H and O–H groups in total. The van der Waals surface area contributed by atoms with Crippen LogP contribution < -0.4 is 10.3 Å². The lowest BCUT2D eigenvalue weighted by Gasteiger charge is -2.09. The molecule has 132 valence electrons. The van der Waals surface area contributed by atoms with Gasteiger partial charge in [0.1, 0.15) is 4.21 Å². The van der Waals surface area contributed by atoms with Gasteiger partial charge in [-0.3, -0.25) is 4.79 Å². The third kappa shape index (κ3) is 3.95. The zero-order chi connectivity index (χ0) is 18.2. The van der Waals surface area contributed by atoms with Gasteiger partial charge in [-0.1, -0.05) is 31.5 Å². The topological polar surface area (TPSA) is 79.0 Å². The Morgan fingerprint density at radius 2 is 1.96 bits per heavy atom. The number of thiophene rings is 1. The highest BCUT2D eigenvalue weighted by atomic mass is 35.5. The number of H-pyrrole nitrogens is 1. The lowest BCUT2D eigenvalue weighted by Crippen LogP contribution is -2.26. The molecule has 1 aromatic carbocycles. The molecule has 0 saturated heterocycles. The van der Waals surface area contributed by atoms with Crippen LogP contribution in [0.25, 0.3) is 10.9 Å². The van der Waals surface area contributed by atoms with Crippen molar-refractivity contribution in [2.45, 2.75) is 30.5 Å². The second kappa shape index (κ2) is 6.92. The van der Waals surface area contributed by atoms with E-state index in [9.17, 15) is 13.2 Å². The number of hydrogen-bond donors (Lipinski definition) is 2. The fourth-order valence-electron chi connectivity index (χ4n) is 2.45. The van der Waals surface area contributed by atoms with Crippen LogP contribution in [-0.2, 0) is 16.6 Å². The molecule has 2 aromatic heterocycles. The van der Waals surface area contributed by atoms with Crippen LogP contribution in [0.4, 0.5) is 0 Å². The minimum absolute atomic E-state index is 0.0883. The zero-order valence-corrected chi connectivity index (χ0v) is 16.1. The van der Waals surface area contributed by atoms with Gasteiger partial charge < -0.3 is 4.98 Å². The molecule has 0 atom stereocenters. The molecule has 0 unspecified atom stereocenters. The molecule has 0 saturated carbocycles. The van der Waals surface area contributed by atoms with E-state index in [2.05, 4.69) is 23.6 Å². The van der Waals surface area contributed by atoms with E-state index >= 15 is 0 Å². The quantitative estimate of drug-likeness (QED) is 0.687. The van der Waals surface area contributed by atoms with Crippen molar-refractivity contribution in [2.75, 3.05) is 0 Å². The predicted octanol–water partition coefficient (Wildman–Crippen LogP) is 3.84. The van der Waals surface area contributed by atoms with Crippen LogP contribution in [0, 0.1) is 0 Å². The number of fused-ring (bicyclic) bond motifs is 1. The Labute approximate surface area is 154 Å². The maximum atomic E-state index is 12.3. The Kier molecular flexibility index (Phi) is 5.02. The molecule has 2 heterocycles. The number of halogens is 1. The third-order valence-electron chi connectivity index (χ3n) is 3.88. The van der Waals surface area contributed by atoms with Crippen LogP contribution in [0.15, 0.2) is 45.4 Å². The van der Waals surface area contributed by atoms with E-state index in [0.717, 1.165) is 27.8 Å². The number of rotatable bonds is 5. The molecule has 0 aliphatic rings. The predicted molar refractivity (Wildman–Crippen MR) is 102 cm³/mol. The van der Waals surface area contributed by atoms with Crippen LogP contribution in [0.5, 0.6) is 0 Å². The Morgan fingerprint density at radius 1 is 1.20 bits per heavy atom. The van der Waals surface area contributed by atoms with Crippen molar-refractivity contribution in [1.82, 2.24) is 9.71 Å². The van der Waals surface area contributed by atoms with E-state index in [1.807, 2.05) is 18.2 Å². The van der Waals surface area contributed by atoms with Gasteiger partial charge in [-0.2, -0.15) is 0 Å². The van der Waals surface area contributed by atoms with Gasteiger partial charge in [0.15, 0.2) is 0 Å². The van der Waals surface area contributed by atoms with Gasteiger partial charge in [0, 0.05) is 17.6 Å².